The molecule has 1 N–H and O–H groups in total. The second kappa shape index (κ2) is 9.54. The van der Waals surface area contributed by atoms with Gasteiger partial charge in [0.2, 0.25) is 0 Å². The van der Waals surface area contributed by atoms with E-state index in [1.807, 2.05) is 0 Å². The molecule has 2 aliphatic rings. The molecule has 2 fully saturated rings. The van der Waals surface area contributed by atoms with Crippen LogP contribution in [0.1, 0.15) is 37.0 Å². The maximum Gasteiger partial charge on any atom is 0.270 e. The highest BCUT2D eigenvalue weighted by Crippen LogP contribution is 2.29. The summed E-state index contributed by atoms with van der Waals surface area (Å²) in [6.07, 6.45) is 2.14. The molecule has 29 heavy (non-hydrogen) atoms. The number of amides is 1. The van der Waals surface area contributed by atoms with Gasteiger partial charge in [0.1, 0.15) is 0 Å². The average molecular weight is 404 g/mol. The van der Waals surface area contributed by atoms with Gasteiger partial charge in [0.25, 0.3) is 11.6 Å². The standard InChI is InChI=1S/C21H33N5O3/c1-16-6-8-25(9-7-16)20-5-4-18(26(28)29)14-19(20)21(27)22-15-17(2)24-12-10-23(3)11-13-24/h4-5,14,16-17H,6-13,15H2,1-3H3,(H,22,27). The zero-order valence-corrected chi connectivity index (χ0v) is 17.8. The fourth-order valence-corrected chi connectivity index (χ4v) is 4.07. The summed E-state index contributed by atoms with van der Waals surface area (Å²) in [7, 11) is 2.12. The van der Waals surface area contributed by atoms with Crippen molar-refractivity contribution in [1.82, 2.24) is 15.1 Å². The summed E-state index contributed by atoms with van der Waals surface area (Å²) in [5.74, 6) is 0.439. The van der Waals surface area contributed by atoms with Crippen LogP contribution in [0.5, 0.6) is 0 Å². The third kappa shape index (κ3) is 5.45. The van der Waals surface area contributed by atoms with Gasteiger partial charge in [0.15, 0.2) is 0 Å². The van der Waals surface area contributed by atoms with Crippen molar-refractivity contribution < 1.29 is 9.72 Å². The van der Waals surface area contributed by atoms with Gasteiger partial charge in [0.05, 0.1) is 16.2 Å². The van der Waals surface area contributed by atoms with Crippen LogP contribution in [0.25, 0.3) is 0 Å². The van der Waals surface area contributed by atoms with Gasteiger partial charge in [-0.3, -0.25) is 19.8 Å². The molecule has 0 bridgehead atoms. The van der Waals surface area contributed by atoms with Crippen molar-refractivity contribution in [2.75, 3.05) is 57.8 Å². The molecule has 0 aliphatic carbocycles. The van der Waals surface area contributed by atoms with Crippen molar-refractivity contribution in [1.29, 1.82) is 0 Å². The number of benzene rings is 1. The van der Waals surface area contributed by atoms with Crippen molar-refractivity contribution in [2.45, 2.75) is 32.7 Å². The zero-order valence-electron chi connectivity index (χ0n) is 17.8. The molecule has 0 spiro atoms. The summed E-state index contributed by atoms with van der Waals surface area (Å²) < 4.78 is 0. The number of nitrogens with zero attached hydrogens (tertiary/aromatic N) is 4. The van der Waals surface area contributed by atoms with E-state index in [0.717, 1.165) is 57.8 Å². The molecule has 8 heteroatoms. The van der Waals surface area contributed by atoms with Crippen LogP contribution in [0.3, 0.4) is 0 Å². The Morgan fingerprint density at radius 2 is 1.86 bits per heavy atom. The third-order valence-corrected chi connectivity index (χ3v) is 6.28. The van der Waals surface area contributed by atoms with E-state index in [1.165, 1.54) is 12.1 Å². The molecule has 1 aromatic carbocycles. The van der Waals surface area contributed by atoms with Gasteiger partial charge in [-0.2, -0.15) is 0 Å². The number of likely N-dealkylation sites (N-methyl/N-ethyl adjacent to an activating group) is 1. The molecule has 8 nitrogen and oxygen atoms in total. The number of nitrogens with one attached hydrogen (secondary N) is 1. The fourth-order valence-electron chi connectivity index (χ4n) is 4.07. The average Bonchev–Trinajstić information content (AvgIpc) is 2.72. The number of carbonyl (C=O) groups is 1. The lowest BCUT2D eigenvalue weighted by Gasteiger charge is -2.36. The lowest BCUT2D eigenvalue weighted by molar-refractivity contribution is -0.384. The molecule has 1 unspecified atom stereocenters. The summed E-state index contributed by atoms with van der Waals surface area (Å²) >= 11 is 0. The largest absolute Gasteiger partial charge is 0.371 e. The Balaban J connectivity index is 1.70. The first-order valence-electron chi connectivity index (χ1n) is 10.6. The molecular formula is C21H33N5O3. The van der Waals surface area contributed by atoms with E-state index in [0.29, 0.717) is 18.0 Å². The van der Waals surface area contributed by atoms with Crippen LogP contribution >= 0.6 is 0 Å². The number of nitro groups is 1. The molecular weight excluding hydrogens is 370 g/mol. The molecule has 2 aliphatic heterocycles. The van der Waals surface area contributed by atoms with E-state index < -0.39 is 4.92 Å². The number of hydrogen-bond acceptors (Lipinski definition) is 6. The Labute approximate surface area is 173 Å². The van der Waals surface area contributed by atoms with Crippen molar-refractivity contribution in [3.63, 3.8) is 0 Å². The first-order chi connectivity index (χ1) is 13.8. The molecule has 2 heterocycles. The molecule has 160 valence electrons. The van der Waals surface area contributed by atoms with Crippen LogP contribution in [0.2, 0.25) is 0 Å². The maximum atomic E-state index is 13.0. The molecule has 0 saturated carbocycles. The van der Waals surface area contributed by atoms with Gasteiger partial charge < -0.3 is 15.1 Å². The Kier molecular flexibility index (Phi) is 7.08. The highest BCUT2D eigenvalue weighted by atomic mass is 16.6. The van der Waals surface area contributed by atoms with E-state index in [4.69, 9.17) is 0 Å². The first-order valence-corrected chi connectivity index (χ1v) is 10.6. The summed E-state index contributed by atoms with van der Waals surface area (Å²) in [4.78, 5) is 30.7. The zero-order chi connectivity index (χ0) is 21.0. The van der Waals surface area contributed by atoms with Gasteiger partial charge in [-0.1, -0.05) is 6.92 Å². The van der Waals surface area contributed by atoms with Crippen LogP contribution in [-0.2, 0) is 0 Å². The second-order valence-corrected chi connectivity index (χ2v) is 8.53. The maximum absolute atomic E-state index is 13.0. The number of piperidine rings is 1. The molecule has 1 atom stereocenters. The van der Waals surface area contributed by atoms with E-state index in [9.17, 15) is 14.9 Å². The predicted molar refractivity (Wildman–Crippen MR) is 115 cm³/mol. The third-order valence-electron chi connectivity index (χ3n) is 6.28. The number of non-ortho nitro benzene ring substituents is 1. The quantitative estimate of drug-likeness (QED) is 0.579. The van der Waals surface area contributed by atoms with Crippen molar-refractivity contribution in [3.05, 3.63) is 33.9 Å². The monoisotopic (exact) mass is 403 g/mol. The van der Waals surface area contributed by atoms with Crippen LogP contribution in [0.15, 0.2) is 18.2 Å². The molecule has 1 amide bonds. The highest BCUT2D eigenvalue weighted by molar-refractivity contribution is 6.00. The lowest BCUT2D eigenvalue weighted by atomic mass is 9.98. The smallest absolute Gasteiger partial charge is 0.270 e. The summed E-state index contributed by atoms with van der Waals surface area (Å²) in [6, 6.07) is 4.87. The lowest BCUT2D eigenvalue weighted by Crippen LogP contribution is -2.51. The number of hydrogen-bond donors (Lipinski definition) is 1. The Morgan fingerprint density at radius 1 is 1.21 bits per heavy atom. The summed E-state index contributed by atoms with van der Waals surface area (Å²) in [5, 5.41) is 14.3. The number of rotatable bonds is 6. The number of anilines is 1. The molecule has 2 saturated heterocycles. The molecule has 1 aromatic rings. The summed E-state index contributed by atoms with van der Waals surface area (Å²) in [5.41, 5.74) is 1.16. The van der Waals surface area contributed by atoms with Gasteiger partial charge in [0, 0.05) is 64.0 Å². The van der Waals surface area contributed by atoms with Crippen molar-refractivity contribution >= 4 is 17.3 Å². The molecule has 0 radical (unpaired) electrons. The van der Waals surface area contributed by atoms with Gasteiger partial charge in [-0.25, -0.2) is 0 Å². The second-order valence-electron chi connectivity index (χ2n) is 8.53. The van der Waals surface area contributed by atoms with Crippen LogP contribution < -0.4 is 10.2 Å². The Bertz CT molecular complexity index is 725. The van der Waals surface area contributed by atoms with E-state index in [-0.39, 0.29) is 17.6 Å². The SMILES string of the molecule is CC1CCN(c2ccc([N+](=O)[O-])cc2C(=O)NCC(C)N2CCN(C)CC2)CC1. The first kappa shape index (κ1) is 21.5. The van der Waals surface area contributed by atoms with Crippen LogP contribution in [-0.4, -0.2) is 79.5 Å². The van der Waals surface area contributed by atoms with E-state index in [1.54, 1.807) is 6.07 Å². The van der Waals surface area contributed by atoms with Crippen LogP contribution in [0.4, 0.5) is 11.4 Å². The minimum atomic E-state index is -0.439. The topological polar surface area (TPSA) is 82.0 Å². The molecule has 0 aromatic heterocycles. The number of carbonyl (C=O) groups excluding carboxylic acids is 1. The molecule has 3 rings (SSSR count). The van der Waals surface area contributed by atoms with Crippen LogP contribution in [0, 0.1) is 16.0 Å². The Hall–Kier alpha value is -2.19. The predicted octanol–water partition coefficient (Wildman–Crippen LogP) is 2.20. The summed E-state index contributed by atoms with van der Waals surface area (Å²) in [6.45, 7) is 10.7. The van der Waals surface area contributed by atoms with E-state index in [2.05, 4.69) is 40.9 Å². The van der Waals surface area contributed by atoms with Gasteiger partial charge in [-0.05, 0) is 38.8 Å². The van der Waals surface area contributed by atoms with E-state index >= 15 is 0 Å². The minimum absolute atomic E-state index is 0.0450. The number of nitro benzene ring substituents is 1. The number of piperazine rings is 1. The Morgan fingerprint density at radius 3 is 2.48 bits per heavy atom. The van der Waals surface area contributed by atoms with Gasteiger partial charge >= 0.3 is 0 Å². The minimum Gasteiger partial charge on any atom is -0.371 e. The van der Waals surface area contributed by atoms with Crippen molar-refractivity contribution in [2.24, 2.45) is 5.92 Å². The van der Waals surface area contributed by atoms with Crippen molar-refractivity contribution in [3.8, 4) is 0 Å². The highest BCUT2D eigenvalue weighted by Gasteiger charge is 2.25. The normalized spacial score (nSPS) is 20.4. The van der Waals surface area contributed by atoms with Gasteiger partial charge in [-0.15, -0.1) is 0 Å². The fraction of sp³-hybridized carbons (Fsp3) is 0.667.